The van der Waals surface area contributed by atoms with Crippen molar-refractivity contribution in [2.24, 2.45) is 4.99 Å². The van der Waals surface area contributed by atoms with Gasteiger partial charge in [-0.15, -0.1) is 0 Å². The Labute approximate surface area is 74.2 Å². The van der Waals surface area contributed by atoms with E-state index in [0.29, 0.717) is 0 Å². The molecule has 0 fully saturated rings. The Kier molecular flexibility index (Phi) is 3.52. The van der Waals surface area contributed by atoms with Crippen LogP contribution in [0, 0.1) is 0 Å². The average Bonchev–Trinajstić information content (AvgIpc) is 2.15. The van der Waals surface area contributed by atoms with Gasteiger partial charge in [0.25, 0.3) is 0 Å². The van der Waals surface area contributed by atoms with Gasteiger partial charge in [-0.25, -0.2) is 0 Å². The third kappa shape index (κ3) is 2.50. The largest absolute Gasteiger partial charge is 0.289 e. The summed E-state index contributed by atoms with van der Waals surface area (Å²) in [4.78, 5) is 4.43. The van der Waals surface area contributed by atoms with Gasteiger partial charge in [-0.05, 0) is 18.9 Å². The Morgan fingerprint density at radius 1 is 1.25 bits per heavy atom. The summed E-state index contributed by atoms with van der Waals surface area (Å²) in [5.41, 5.74) is 2.36. The number of nitrogens with zero attached hydrogens (tertiary/aromatic N) is 1. The van der Waals surface area contributed by atoms with Crippen molar-refractivity contribution in [3.8, 4) is 0 Å². The molecule has 0 bridgehead atoms. The highest BCUT2D eigenvalue weighted by Crippen LogP contribution is 2.00. The van der Waals surface area contributed by atoms with Crippen LogP contribution in [-0.2, 0) is 0 Å². The van der Waals surface area contributed by atoms with Gasteiger partial charge in [-0.2, -0.15) is 0 Å². The van der Waals surface area contributed by atoms with E-state index in [1.54, 1.807) is 0 Å². The molecule has 0 atom stereocenters. The van der Waals surface area contributed by atoms with E-state index >= 15 is 0 Å². The fraction of sp³-hybridized carbons (Fsp3) is 0.364. The van der Waals surface area contributed by atoms with Gasteiger partial charge in [0.2, 0.25) is 0 Å². The molecule has 0 aromatic heterocycles. The van der Waals surface area contributed by atoms with Crippen LogP contribution in [0.2, 0.25) is 0 Å². The van der Waals surface area contributed by atoms with Crippen molar-refractivity contribution < 1.29 is 0 Å². The van der Waals surface area contributed by atoms with Crippen molar-refractivity contribution >= 4 is 5.71 Å². The lowest BCUT2D eigenvalue weighted by molar-refractivity contribution is 0.931. The van der Waals surface area contributed by atoms with Gasteiger partial charge in [-0.3, -0.25) is 4.99 Å². The molecule has 0 aliphatic carbocycles. The monoisotopic (exact) mass is 161 g/mol. The maximum Gasteiger partial charge on any atom is 0.0390 e. The molecule has 0 N–H and O–H groups in total. The molecule has 1 nitrogen and oxygen atoms in total. The molecule has 0 heterocycles. The Morgan fingerprint density at radius 3 is 2.50 bits per heavy atom. The summed E-state index contributed by atoms with van der Waals surface area (Å²) in [5.74, 6) is 0. The van der Waals surface area contributed by atoms with Gasteiger partial charge in [0.05, 0.1) is 0 Å². The molecule has 0 aliphatic heterocycles. The Hall–Kier alpha value is -1.11. The lowest BCUT2D eigenvalue weighted by atomic mass is 10.1. The average molecular weight is 161 g/mol. The number of aliphatic imine (C=N–C) groups is 1. The molecule has 0 saturated heterocycles. The topological polar surface area (TPSA) is 12.4 Å². The van der Waals surface area contributed by atoms with Gasteiger partial charge in [-0.1, -0.05) is 37.3 Å². The molecule has 0 saturated carbocycles. The van der Waals surface area contributed by atoms with Crippen LogP contribution < -0.4 is 0 Å². The van der Waals surface area contributed by atoms with E-state index < -0.39 is 0 Å². The summed E-state index contributed by atoms with van der Waals surface area (Å²) in [6, 6.07) is 10.3. The van der Waals surface area contributed by atoms with Crippen molar-refractivity contribution in [2.45, 2.75) is 20.3 Å². The first-order valence-electron chi connectivity index (χ1n) is 4.41. The third-order valence-electron chi connectivity index (χ3n) is 1.76. The smallest absolute Gasteiger partial charge is 0.0390 e. The SMILES string of the molecule is CCCN=C(C)c1ccccc1. The van der Waals surface area contributed by atoms with Gasteiger partial charge in [0, 0.05) is 12.3 Å². The van der Waals surface area contributed by atoms with Crippen LogP contribution in [-0.4, -0.2) is 12.3 Å². The zero-order valence-corrected chi connectivity index (χ0v) is 7.75. The van der Waals surface area contributed by atoms with Crippen LogP contribution >= 0.6 is 0 Å². The fourth-order valence-electron chi connectivity index (χ4n) is 1.05. The van der Waals surface area contributed by atoms with Crippen LogP contribution in [0.1, 0.15) is 25.8 Å². The molecule has 1 aromatic carbocycles. The number of hydrogen-bond donors (Lipinski definition) is 0. The minimum Gasteiger partial charge on any atom is -0.289 e. The number of benzene rings is 1. The number of hydrogen-bond acceptors (Lipinski definition) is 1. The predicted molar refractivity (Wildman–Crippen MR) is 53.8 cm³/mol. The molecule has 1 heteroatoms. The van der Waals surface area contributed by atoms with E-state index in [4.69, 9.17) is 0 Å². The number of rotatable bonds is 3. The van der Waals surface area contributed by atoms with Crippen LogP contribution in [0.15, 0.2) is 35.3 Å². The van der Waals surface area contributed by atoms with Crippen LogP contribution in [0.5, 0.6) is 0 Å². The second-order valence-corrected chi connectivity index (χ2v) is 2.83. The van der Waals surface area contributed by atoms with E-state index in [2.05, 4.69) is 31.0 Å². The van der Waals surface area contributed by atoms with Crippen molar-refractivity contribution in [1.29, 1.82) is 0 Å². The highest BCUT2D eigenvalue weighted by atomic mass is 14.7. The summed E-state index contributed by atoms with van der Waals surface area (Å²) in [6.45, 7) is 5.13. The molecule has 1 aromatic rings. The first kappa shape index (κ1) is 8.98. The van der Waals surface area contributed by atoms with E-state index in [9.17, 15) is 0 Å². The lowest BCUT2D eigenvalue weighted by Gasteiger charge is -1.98. The second-order valence-electron chi connectivity index (χ2n) is 2.83. The predicted octanol–water partition coefficient (Wildman–Crippen LogP) is 2.91. The first-order valence-corrected chi connectivity index (χ1v) is 4.41. The highest BCUT2D eigenvalue weighted by Gasteiger charge is 1.92. The summed E-state index contributed by atoms with van der Waals surface area (Å²) in [5, 5.41) is 0. The van der Waals surface area contributed by atoms with Crippen molar-refractivity contribution in [1.82, 2.24) is 0 Å². The first-order chi connectivity index (χ1) is 5.84. The molecular weight excluding hydrogens is 146 g/mol. The van der Waals surface area contributed by atoms with E-state index in [1.165, 1.54) is 5.56 Å². The van der Waals surface area contributed by atoms with Crippen LogP contribution in [0.4, 0.5) is 0 Å². The maximum atomic E-state index is 4.43. The second kappa shape index (κ2) is 4.70. The molecule has 12 heavy (non-hydrogen) atoms. The van der Waals surface area contributed by atoms with Crippen LogP contribution in [0.3, 0.4) is 0 Å². The summed E-state index contributed by atoms with van der Waals surface area (Å²) >= 11 is 0. The molecule has 64 valence electrons. The highest BCUT2D eigenvalue weighted by molar-refractivity contribution is 5.98. The van der Waals surface area contributed by atoms with Gasteiger partial charge >= 0.3 is 0 Å². The molecule has 0 spiro atoms. The maximum absolute atomic E-state index is 4.43. The van der Waals surface area contributed by atoms with Gasteiger partial charge < -0.3 is 0 Å². The molecule has 1 rings (SSSR count). The lowest BCUT2D eigenvalue weighted by Crippen LogP contribution is -1.94. The summed E-state index contributed by atoms with van der Waals surface area (Å²) in [7, 11) is 0. The Morgan fingerprint density at radius 2 is 1.92 bits per heavy atom. The van der Waals surface area contributed by atoms with Gasteiger partial charge in [0.1, 0.15) is 0 Å². The summed E-state index contributed by atoms with van der Waals surface area (Å²) in [6.07, 6.45) is 1.12. The minimum atomic E-state index is 0.931. The van der Waals surface area contributed by atoms with Crippen molar-refractivity contribution in [2.75, 3.05) is 6.54 Å². The Bertz CT molecular complexity index is 249. The standard InChI is InChI=1S/C11H15N/c1-3-9-12-10(2)11-7-5-4-6-8-11/h4-8H,3,9H2,1-2H3. The van der Waals surface area contributed by atoms with Crippen molar-refractivity contribution in [3.63, 3.8) is 0 Å². The molecule has 0 radical (unpaired) electrons. The molecule has 0 amide bonds. The zero-order valence-electron chi connectivity index (χ0n) is 7.75. The quantitative estimate of drug-likeness (QED) is 0.604. The molecule has 0 unspecified atom stereocenters. The minimum absolute atomic E-state index is 0.931. The van der Waals surface area contributed by atoms with Gasteiger partial charge in [0.15, 0.2) is 0 Å². The van der Waals surface area contributed by atoms with E-state index in [-0.39, 0.29) is 0 Å². The van der Waals surface area contributed by atoms with E-state index in [1.807, 2.05) is 18.2 Å². The summed E-state index contributed by atoms with van der Waals surface area (Å²) < 4.78 is 0. The fourth-order valence-corrected chi connectivity index (χ4v) is 1.05. The van der Waals surface area contributed by atoms with E-state index in [0.717, 1.165) is 18.7 Å². The Balaban J connectivity index is 2.71. The third-order valence-corrected chi connectivity index (χ3v) is 1.76. The molecular formula is C11H15N. The van der Waals surface area contributed by atoms with Crippen LogP contribution in [0.25, 0.3) is 0 Å². The van der Waals surface area contributed by atoms with Crippen molar-refractivity contribution in [3.05, 3.63) is 35.9 Å². The zero-order chi connectivity index (χ0) is 8.81. The normalized spacial score (nSPS) is 11.7. The molecule has 0 aliphatic rings.